The molecule has 2 aromatic carbocycles. The standard InChI is InChI=1S/C20H23N3O4/c1-13-10-14(2)19(15(3)11-13)21-20(25)23-27-12-17-6-4-16(5-7-17)8-9-18(24)22-26/h4-11,26H,12H2,1-3H3,(H,22,24)(H2,21,23,25)/b9-8+. The van der Waals surface area contributed by atoms with Gasteiger partial charge in [-0.05, 0) is 49.1 Å². The van der Waals surface area contributed by atoms with E-state index in [9.17, 15) is 9.59 Å². The molecule has 0 fully saturated rings. The third-order valence-electron chi connectivity index (χ3n) is 3.84. The van der Waals surface area contributed by atoms with E-state index in [-0.39, 0.29) is 6.61 Å². The monoisotopic (exact) mass is 369 g/mol. The van der Waals surface area contributed by atoms with Crippen molar-refractivity contribution in [2.45, 2.75) is 27.4 Å². The van der Waals surface area contributed by atoms with Crippen molar-refractivity contribution in [2.24, 2.45) is 0 Å². The molecule has 7 heteroatoms. The van der Waals surface area contributed by atoms with E-state index in [1.54, 1.807) is 18.2 Å². The quantitative estimate of drug-likeness (QED) is 0.356. The van der Waals surface area contributed by atoms with Gasteiger partial charge < -0.3 is 5.32 Å². The fourth-order valence-electron chi connectivity index (χ4n) is 2.64. The van der Waals surface area contributed by atoms with Crippen molar-refractivity contribution in [1.29, 1.82) is 0 Å². The van der Waals surface area contributed by atoms with E-state index in [1.165, 1.54) is 11.6 Å². The van der Waals surface area contributed by atoms with E-state index >= 15 is 0 Å². The Hall–Kier alpha value is -3.16. The predicted molar refractivity (Wildman–Crippen MR) is 103 cm³/mol. The Kier molecular flexibility index (Phi) is 7.10. The van der Waals surface area contributed by atoms with Gasteiger partial charge in [0.1, 0.15) is 0 Å². The number of carbonyl (C=O) groups excluding carboxylic acids is 2. The topological polar surface area (TPSA) is 99.7 Å². The van der Waals surface area contributed by atoms with Gasteiger partial charge in [-0.3, -0.25) is 14.8 Å². The van der Waals surface area contributed by atoms with Crippen molar-refractivity contribution in [3.05, 3.63) is 70.3 Å². The summed E-state index contributed by atoms with van der Waals surface area (Å²) in [6, 6.07) is 10.8. The molecule has 0 aliphatic carbocycles. The fourth-order valence-corrected chi connectivity index (χ4v) is 2.64. The van der Waals surface area contributed by atoms with Crippen LogP contribution in [-0.2, 0) is 16.2 Å². The molecule has 0 saturated carbocycles. The van der Waals surface area contributed by atoms with Crippen LogP contribution in [0.4, 0.5) is 10.5 Å². The number of carbonyl (C=O) groups is 2. The lowest BCUT2D eigenvalue weighted by Gasteiger charge is -2.13. The van der Waals surface area contributed by atoms with E-state index in [0.717, 1.165) is 33.5 Å². The summed E-state index contributed by atoms with van der Waals surface area (Å²) in [6.07, 6.45) is 2.78. The van der Waals surface area contributed by atoms with Gasteiger partial charge in [0.25, 0.3) is 5.91 Å². The van der Waals surface area contributed by atoms with E-state index in [1.807, 2.05) is 45.0 Å². The van der Waals surface area contributed by atoms with E-state index in [2.05, 4.69) is 10.8 Å². The zero-order valence-corrected chi connectivity index (χ0v) is 15.5. The molecule has 4 N–H and O–H groups in total. The lowest BCUT2D eigenvalue weighted by atomic mass is 10.1. The molecule has 27 heavy (non-hydrogen) atoms. The lowest BCUT2D eigenvalue weighted by molar-refractivity contribution is -0.124. The Bertz CT molecular complexity index is 822. The van der Waals surface area contributed by atoms with Gasteiger partial charge in [0.15, 0.2) is 0 Å². The third-order valence-corrected chi connectivity index (χ3v) is 3.84. The number of benzene rings is 2. The fraction of sp³-hybridized carbons (Fsp3) is 0.200. The highest BCUT2D eigenvalue weighted by atomic mass is 16.7. The minimum Gasteiger partial charge on any atom is -0.306 e. The molecule has 3 amide bonds. The number of hydroxylamine groups is 2. The third kappa shape index (κ3) is 6.25. The zero-order chi connectivity index (χ0) is 19.8. The van der Waals surface area contributed by atoms with Crippen LogP contribution in [0.2, 0.25) is 0 Å². The highest BCUT2D eigenvalue weighted by molar-refractivity contribution is 5.91. The number of hydrogen-bond donors (Lipinski definition) is 4. The van der Waals surface area contributed by atoms with Crippen LogP contribution in [0.15, 0.2) is 42.5 Å². The summed E-state index contributed by atoms with van der Waals surface area (Å²) in [7, 11) is 0. The van der Waals surface area contributed by atoms with Crippen molar-refractivity contribution in [1.82, 2.24) is 11.0 Å². The molecular weight excluding hydrogens is 346 g/mol. The number of rotatable bonds is 6. The summed E-state index contributed by atoms with van der Waals surface area (Å²) in [4.78, 5) is 28.2. The second-order valence-electron chi connectivity index (χ2n) is 6.17. The molecule has 2 aromatic rings. The Balaban J connectivity index is 1.83. The molecule has 0 spiro atoms. The zero-order valence-electron chi connectivity index (χ0n) is 15.5. The Morgan fingerprint density at radius 2 is 1.70 bits per heavy atom. The van der Waals surface area contributed by atoms with E-state index < -0.39 is 11.9 Å². The van der Waals surface area contributed by atoms with Crippen molar-refractivity contribution in [2.75, 3.05) is 5.32 Å². The van der Waals surface area contributed by atoms with Gasteiger partial charge in [-0.15, -0.1) is 0 Å². The first kappa shape index (κ1) is 20.2. The van der Waals surface area contributed by atoms with Crippen molar-refractivity contribution in [3.8, 4) is 0 Å². The highest BCUT2D eigenvalue weighted by Gasteiger charge is 2.08. The van der Waals surface area contributed by atoms with Gasteiger partial charge in [0.2, 0.25) is 0 Å². The normalized spacial score (nSPS) is 10.7. The molecule has 142 valence electrons. The summed E-state index contributed by atoms with van der Waals surface area (Å²) < 4.78 is 0. The van der Waals surface area contributed by atoms with Crippen LogP contribution in [0.5, 0.6) is 0 Å². The van der Waals surface area contributed by atoms with E-state index in [4.69, 9.17) is 10.0 Å². The maximum atomic E-state index is 12.0. The largest absolute Gasteiger partial charge is 0.343 e. The summed E-state index contributed by atoms with van der Waals surface area (Å²) in [5.41, 5.74) is 9.41. The maximum absolute atomic E-state index is 12.0. The molecule has 0 bridgehead atoms. The van der Waals surface area contributed by atoms with Crippen LogP contribution < -0.4 is 16.3 Å². The molecule has 7 nitrogen and oxygen atoms in total. The number of hydrogen-bond acceptors (Lipinski definition) is 4. The average molecular weight is 369 g/mol. The van der Waals surface area contributed by atoms with E-state index in [0.29, 0.717) is 0 Å². The minimum atomic E-state index is -0.600. The average Bonchev–Trinajstić information content (AvgIpc) is 2.63. The van der Waals surface area contributed by atoms with Crippen LogP contribution in [-0.4, -0.2) is 17.1 Å². The number of nitrogens with one attached hydrogen (secondary N) is 3. The highest BCUT2D eigenvalue weighted by Crippen LogP contribution is 2.21. The molecule has 0 aromatic heterocycles. The van der Waals surface area contributed by atoms with Gasteiger partial charge in [0.05, 0.1) is 6.61 Å². The molecule has 0 unspecified atom stereocenters. The first-order valence-electron chi connectivity index (χ1n) is 8.36. The van der Waals surface area contributed by atoms with Gasteiger partial charge in [0, 0.05) is 11.8 Å². The van der Waals surface area contributed by atoms with Crippen molar-refractivity contribution >= 4 is 23.7 Å². The summed E-state index contributed by atoms with van der Waals surface area (Å²) in [6.45, 7) is 6.09. The molecule has 0 aliphatic heterocycles. The Morgan fingerprint density at radius 1 is 1.07 bits per heavy atom. The number of anilines is 1. The number of aryl methyl sites for hydroxylation is 3. The molecular formula is C20H23N3O4. The van der Waals surface area contributed by atoms with Crippen molar-refractivity contribution in [3.63, 3.8) is 0 Å². The molecule has 0 radical (unpaired) electrons. The van der Waals surface area contributed by atoms with Gasteiger partial charge in [-0.25, -0.2) is 15.8 Å². The molecule has 0 aliphatic rings. The van der Waals surface area contributed by atoms with Crippen LogP contribution in [0.25, 0.3) is 6.08 Å². The first-order chi connectivity index (χ1) is 12.9. The predicted octanol–water partition coefficient (Wildman–Crippen LogP) is 3.38. The van der Waals surface area contributed by atoms with Crippen LogP contribution in [0, 0.1) is 20.8 Å². The van der Waals surface area contributed by atoms with Crippen LogP contribution in [0.3, 0.4) is 0 Å². The summed E-state index contributed by atoms with van der Waals surface area (Å²) in [5.74, 6) is -0.600. The number of urea groups is 1. The van der Waals surface area contributed by atoms with Crippen LogP contribution in [0.1, 0.15) is 27.8 Å². The Morgan fingerprint density at radius 3 is 2.30 bits per heavy atom. The van der Waals surface area contributed by atoms with Gasteiger partial charge in [-0.1, -0.05) is 42.0 Å². The smallest absolute Gasteiger partial charge is 0.306 e. The SMILES string of the molecule is Cc1cc(C)c(NC(=O)NOCc2ccc(/C=C/C(=O)NO)cc2)c(C)c1. The molecule has 0 atom stereocenters. The van der Waals surface area contributed by atoms with Crippen LogP contribution >= 0.6 is 0 Å². The number of amides is 3. The molecule has 2 rings (SSSR count). The second kappa shape index (κ2) is 9.51. The minimum absolute atomic E-state index is 0.195. The maximum Gasteiger partial charge on any atom is 0.343 e. The second-order valence-corrected chi connectivity index (χ2v) is 6.17. The van der Waals surface area contributed by atoms with Gasteiger partial charge >= 0.3 is 6.03 Å². The molecule has 0 heterocycles. The molecule has 0 saturated heterocycles. The van der Waals surface area contributed by atoms with Crippen molar-refractivity contribution < 1.29 is 19.6 Å². The Labute approximate surface area is 158 Å². The van der Waals surface area contributed by atoms with Gasteiger partial charge in [-0.2, -0.15) is 0 Å². The summed E-state index contributed by atoms with van der Waals surface area (Å²) >= 11 is 0. The lowest BCUT2D eigenvalue weighted by Crippen LogP contribution is -2.29. The first-order valence-corrected chi connectivity index (χ1v) is 8.36. The summed E-state index contributed by atoms with van der Waals surface area (Å²) in [5, 5.41) is 11.2.